The second-order valence-electron chi connectivity index (χ2n) is 6.77. The molecule has 0 aromatic heterocycles. The first-order chi connectivity index (χ1) is 9.19. The molecule has 1 fully saturated rings. The zero-order valence-corrected chi connectivity index (χ0v) is 12.9. The number of amides is 2. The highest BCUT2D eigenvalue weighted by Crippen LogP contribution is 2.33. The molecule has 0 aromatic carbocycles. The number of carbonyl (C=O) groups excluding carboxylic acids is 1. The molecule has 2 amide bonds. The maximum absolute atomic E-state index is 11.9. The Morgan fingerprint density at radius 1 is 1.35 bits per heavy atom. The van der Waals surface area contributed by atoms with E-state index < -0.39 is 5.97 Å². The van der Waals surface area contributed by atoms with Gasteiger partial charge in [-0.25, -0.2) is 4.79 Å². The summed E-state index contributed by atoms with van der Waals surface area (Å²) in [4.78, 5) is 24.7. The van der Waals surface area contributed by atoms with Crippen LogP contribution in [0.3, 0.4) is 0 Å². The zero-order valence-electron chi connectivity index (χ0n) is 12.9. The number of hydrogen-bond donors (Lipinski definition) is 3. The van der Waals surface area contributed by atoms with Crippen molar-refractivity contribution in [3.05, 3.63) is 0 Å². The molecule has 6 heteroatoms. The normalized spacial score (nSPS) is 16.9. The number of rotatable bonds is 8. The van der Waals surface area contributed by atoms with E-state index in [9.17, 15) is 9.59 Å². The Balaban J connectivity index is 2.36. The maximum Gasteiger partial charge on any atom is 0.315 e. The lowest BCUT2D eigenvalue weighted by atomic mass is 9.93. The fourth-order valence-corrected chi connectivity index (χ4v) is 2.47. The lowest BCUT2D eigenvalue weighted by molar-refractivity contribution is -0.137. The molecule has 1 aliphatic rings. The molecule has 0 aliphatic heterocycles. The van der Waals surface area contributed by atoms with Gasteiger partial charge in [-0.05, 0) is 38.3 Å². The topological polar surface area (TPSA) is 81.7 Å². The van der Waals surface area contributed by atoms with Crippen molar-refractivity contribution in [2.75, 3.05) is 27.2 Å². The number of urea groups is 1. The molecule has 6 nitrogen and oxygen atoms in total. The van der Waals surface area contributed by atoms with Crippen LogP contribution in [0.15, 0.2) is 0 Å². The molecule has 1 unspecified atom stereocenters. The summed E-state index contributed by atoms with van der Waals surface area (Å²) in [6.45, 7) is 5.60. The van der Waals surface area contributed by atoms with Crippen LogP contribution in [-0.4, -0.2) is 55.2 Å². The number of aliphatic carboxylic acids is 1. The maximum atomic E-state index is 11.9. The average molecular weight is 285 g/mol. The van der Waals surface area contributed by atoms with Crippen LogP contribution in [0.4, 0.5) is 4.79 Å². The standard InChI is InChI=1S/C14H27N3O3/c1-14(2,9-17(3)4)8-15-13(20)16-11(7-12(18)19)10-5-6-10/h10-11H,5-9H2,1-4H3,(H,18,19)(H2,15,16,20). The van der Waals surface area contributed by atoms with Gasteiger partial charge in [-0.2, -0.15) is 0 Å². The van der Waals surface area contributed by atoms with Crippen molar-refractivity contribution < 1.29 is 14.7 Å². The second kappa shape index (κ2) is 6.92. The largest absolute Gasteiger partial charge is 0.481 e. The average Bonchev–Trinajstić information content (AvgIpc) is 3.07. The molecule has 0 bridgehead atoms. The Labute approximate surface area is 120 Å². The molecule has 1 saturated carbocycles. The van der Waals surface area contributed by atoms with Crippen LogP contribution in [0.25, 0.3) is 0 Å². The van der Waals surface area contributed by atoms with Crippen molar-refractivity contribution in [2.24, 2.45) is 11.3 Å². The van der Waals surface area contributed by atoms with Crippen LogP contribution in [0.2, 0.25) is 0 Å². The van der Waals surface area contributed by atoms with Crippen LogP contribution < -0.4 is 10.6 Å². The quantitative estimate of drug-likeness (QED) is 0.624. The molecule has 0 heterocycles. The molecule has 116 valence electrons. The van der Waals surface area contributed by atoms with Gasteiger partial charge in [-0.3, -0.25) is 4.79 Å². The number of nitrogens with one attached hydrogen (secondary N) is 2. The summed E-state index contributed by atoms with van der Waals surface area (Å²) in [5, 5.41) is 14.5. The van der Waals surface area contributed by atoms with E-state index >= 15 is 0 Å². The van der Waals surface area contributed by atoms with E-state index in [2.05, 4.69) is 29.4 Å². The lowest BCUT2D eigenvalue weighted by Crippen LogP contribution is -2.48. The molecule has 20 heavy (non-hydrogen) atoms. The van der Waals surface area contributed by atoms with Gasteiger partial charge in [0.05, 0.1) is 6.42 Å². The highest BCUT2D eigenvalue weighted by Gasteiger charge is 2.33. The van der Waals surface area contributed by atoms with Crippen LogP contribution >= 0.6 is 0 Å². The molecule has 0 spiro atoms. The SMILES string of the molecule is CN(C)CC(C)(C)CNC(=O)NC(CC(=O)O)C1CC1. The van der Waals surface area contributed by atoms with E-state index in [4.69, 9.17) is 5.11 Å². The summed E-state index contributed by atoms with van der Waals surface area (Å²) >= 11 is 0. The van der Waals surface area contributed by atoms with Gasteiger partial charge in [-0.1, -0.05) is 13.8 Å². The monoisotopic (exact) mass is 285 g/mol. The van der Waals surface area contributed by atoms with Gasteiger partial charge in [0.25, 0.3) is 0 Å². The van der Waals surface area contributed by atoms with Crippen molar-refractivity contribution >= 4 is 12.0 Å². The van der Waals surface area contributed by atoms with Crippen molar-refractivity contribution in [1.29, 1.82) is 0 Å². The predicted molar refractivity (Wildman–Crippen MR) is 77.6 cm³/mol. The Morgan fingerprint density at radius 3 is 2.40 bits per heavy atom. The van der Waals surface area contributed by atoms with E-state index in [0.29, 0.717) is 12.5 Å². The molecule has 3 N–H and O–H groups in total. The van der Waals surface area contributed by atoms with Crippen molar-refractivity contribution in [2.45, 2.75) is 39.2 Å². The van der Waals surface area contributed by atoms with Crippen molar-refractivity contribution in [3.63, 3.8) is 0 Å². The third kappa shape index (κ3) is 6.75. The zero-order chi connectivity index (χ0) is 15.3. The molecule has 0 radical (unpaired) electrons. The van der Waals surface area contributed by atoms with Crippen molar-refractivity contribution in [3.8, 4) is 0 Å². The van der Waals surface area contributed by atoms with E-state index in [0.717, 1.165) is 19.4 Å². The van der Waals surface area contributed by atoms with Crippen molar-refractivity contribution in [1.82, 2.24) is 15.5 Å². The second-order valence-corrected chi connectivity index (χ2v) is 6.77. The summed E-state index contributed by atoms with van der Waals surface area (Å²) in [5.41, 5.74) is -0.0251. The molecule has 1 atom stereocenters. The first kappa shape index (κ1) is 16.8. The minimum atomic E-state index is -0.866. The van der Waals surface area contributed by atoms with Gasteiger partial charge in [0.1, 0.15) is 0 Å². The van der Waals surface area contributed by atoms with Crippen LogP contribution in [0.1, 0.15) is 33.1 Å². The van der Waals surface area contributed by atoms with Crippen LogP contribution in [0, 0.1) is 11.3 Å². The third-order valence-corrected chi connectivity index (χ3v) is 3.37. The first-order valence-electron chi connectivity index (χ1n) is 7.10. The Hall–Kier alpha value is -1.30. The highest BCUT2D eigenvalue weighted by atomic mass is 16.4. The number of carboxylic acids is 1. The molecule has 0 aromatic rings. The number of nitrogens with zero attached hydrogens (tertiary/aromatic N) is 1. The highest BCUT2D eigenvalue weighted by molar-refractivity contribution is 5.75. The third-order valence-electron chi connectivity index (χ3n) is 3.37. The molecule has 1 aliphatic carbocycles. The number of hydrogen-bond acceptors (Lipinski definition) is 3. The molecular formula is C14H27N3O3. The van der Waals surface area contributed by atoms with Gasteiger partial charge >= 0.3 is 12.0 Å². The minimum absolute atomic E-state index is 0.000816. The fourth-order valence-electron chi connectivity index (χ4n) is 2.47. The van der Waals surface area contributed by atoms with Gasteiger partial charge in [0, 0.05) is 19.1 Å². The van der Waals surface area contributed by atoms with E-state index in [1.807, 2.05) is 14.1 Å². The smallest absolute Gasteiger partial charge is 0.315 e. The Morgan fingerprint density at radius 2 is 1.95 bits per heavy atom. The van der Waals surface area contributed by atoms with Gasteiger partial charge in [0.15, 0.2) is 0 Å². The van der Waals surface area contributed by atoms with Gasteiger partial charge in [0.2, 0.25) is 0 Å². The number of carbonyl (C=O) groups is 2. The van der Waals surface area contributed by atoms with E-state index in [1.165, 1.54) is 0 Å². The lowest BCUT2D eigenvalue weighted by Gasteiger charge is -2.29. The van der Waals surface area contributed by atoms with E-state index in [-0.39, 0.29) is 23.9 Å². The summed E-state index contributed by atoms with van der Waals surface area (Å²) < 4.78 is 0. The molecular weight excluding hydrogens is 258 g/mol. The fraction of sp³-hybridized carbons (Fsp3) is 0.857. The molecule has 0 saturated heterocycles. The predicted octanol–water partition coefficient (Wildman–Crippen LogP) is 1.13. The summed E-state index contributed by atoms with van der Waals surface area (Å²) in [6.07, 6.45) is 2.01. The minimum Gasteiger partial charge on any atom is -0.481 e. The van der Waals surface area contributed by atoms with Gasteiger partial charge < -0.3 is 20.6 Å². The number of carboxylic acid groups (broad SMARTS) is 1. The first-order valence-corrected chi connectivity index (χ1v) is 7.10. The molecule has 1 rings (SSSR count). The van der Waals surface area contributed by atoms with E-state index in [1.54, 1.807) is 0 Å². The summed E-state index contributed by atoms with van der Waals surface area (Å²) in [6, 6.07) is -0.514. The Kier molecular flexibility index (Phi) is 5.80. The summed E-state index contributed by atoms with van der Waals surface area (Å²) in [5.74, 6) is -0.540. The van der Waals surface area contributed by atoms with Gasteiger partial charge in [-0.15, -0.1) is 0 Å². The van der Waals surface area contributed by atoms with Crippen LogP contribution in [0.5, 0.6) is 0 Å². The van der Waals surface area contributed by atoms with Crippen LogP contribution in [-0.2, 0) is 4.79 Å². The Bertz CT molecular complexity index is 352. The summed E-state index contributed by atoms with van der Waals surface area (Å²) in [7, 11) is 4.00.